The summed E-state index contributed by atoms with van der Waals surface area (Å²) in [5, 5.41) is 9.84. The molecule has 0 saturated heterocycles. The van der Waals surface area contributed by atoms with Gasteiger partial charge in [0.2, 0.25) is 0 Å². The molecule has 1 heterocycles. The highest BCUT2D eigenvalue weighted by atomic mass is 35.5. The van der Waals surface area contributed by atoms with E-state index in [1.54, 1.807) is 0 Å². The fraction of sp³-hybridized carbons (Fsp3) is 0.167. The summed E-state index contributed by atoms with van der Waals surface area (Å²) in [6.07, 6.45) is -4.81. The molecule has 1 atom stereocenters. The molecule has 1 N–H and O–H groups in total. The quantitative estimate of drug-likeness (QED) is 0.898. The lowest BCUT2D eigenvalue weighted by molar-refractivity contribution is -0.139. The van der Waals surface area contributed by atoms with Crippen LogP contribution in [0.5, 0.6) is 0 Å². The van der Waals surface area contributed by atoms with Crippen LogP contribution in [0.15, 0.2) is 41.0 Å². The molecule has 0 radical (unpaired) electrons. The fourth-order valence-corrected chi connectivity index (χ4v) is 1.88. The third kappa shape index (κ3) is 2.37. The SMILES string of the molecule is OC(c1ccccc1C(F)(F)F)c1ccoc1Cl. The van der Waals surface area contributed by atoms with Crippen molar-refractivity contribution in [2.45, 2.75) is 12.3 Å². The topological polar surface area (TPSA) is 33.4 Å². The monoisotopic (exact) mass is 276 g/mol. The van der Waals surface area contributed by atoms with Gasteiger partial charge >= 0.3 is 6.18 Å². The lowest BCUT2D eigenvalue weighted by atomic mass is 9.98. The molecule has 2 rings (SSSR count). The van der Waals surface area contributed by atoms with E-state index in [0.717, 1.165) is 6.07 Å². The minimum Gasteiger partial charge on any atom is -0.453 e. The average Bonchev–Trinajstić information content (AvgIpc) is 2.73. The zero-order valence-electron chi connectivity index (χ0n) is 8.91. The van der Waals surface area contributed by atoms with Crippen LogP contribution in [0.2, 0.25) is 5.22 Å². The van der Waals surface area contributed by atoms with Gasteiger partial charge in [-0.1, -0.05) is 18.2 Å². The van der Waals surface area contributed by atoms with E-state index < -0.39 is 17.8 Å². The van der Waals surface area contributed by atoms with E-state index in [1.165, 1.54) is 30.5 Å². The van der Waals surface area contributed by atoms with Crippen molar-refractivity contribution in [3.63, 3.8) is 0 Å². The molecule has 0 aliphatic heterocycles. The van der Waals surface area contributed by atoms with Crippen LogP contribution in [0.1, 0.15) is 22.8 Å². The molecule has 0 amide bonds. The zero-order valence-corrected chi connectivity index (χ0v) is 9.66. The Morgan fingerprint density at radius 3 is 2.33 bits per heavy atom. The maximum absolute atomic E-state index is 12.8. The van der Waals surface area contributed by atoms with Gasteiger partial charge in [0.15, 0.2) is 5.22 Å². The van der Waals surface area contributed by atoms with Gasteiger partial charge in [0.05, 0.1) is 11.8 Å². The van der Waals surface area contributed by atoms with E-state index >= 15 is 0 Å². The molecule has 1 unspecified atom stereocenters. The first-order valence-corrected chi connectivity index (χ1v) is 5.36. The summed E-state index contributed by atoms with van der Waals surface area (Å²) in [6, 6.07) is 6.13. The van der Waals surface area contributed by atoms with E-state index in [-0.39, 0.29) is 16.3 Å². The molecule has 1 aromatic carbocycles. The van der Waals surface area contributed by atoms with Crippen LogP contribution in [0.3, 0.4) is 0 Å². The van der Waals surface area contributed by atoms with E-state index in [0.29, 0.717) is 0 Å². The van der Waals surface area contributed by atoms with Gasteiger partial charge in [0.1, 0.15) is 6.10 Å². The summed E-state index contributed by atoms with van der Waals surface area (Å²) < 4.78 is 43.1. The first-order valence-electron chi connectivity index (χ1n) is 4.98. The summed E-state index contributed by atoms with van der Waals surface area (Å²) in [7, 11) is 0. The summed E-state index contributed by atoms with van der Waals surface area (Å²) >= 11 is 5.64. The van der Waals surface area contributed by atoms with Crippen molar-refractivity contribution in [1.29, 1.82) is 0 Å². The van der Waals surface area contributed by atoms with Gasteiger partial charge in [-0.2, -0.15) is 13.2 Å². The van der Waals surface area contributed by atoms with Crippen molar-refractivity contribution in [3.05, 3.63) is 58.5 Å². The minimum absolute atomic E-state index is 0.105. The second-order valence-corrected chi connectivity index (χ2v) is 3.98. The molecule has 0 aliphatic carbocycles. The molecule has 18 heavy (non-hydrogen) atoms. The van der Waals surface area contributed by atoms with Gasteiger partial charge < -0.3 is 9.52 Å². The molecule has 0 spiro atoms. The molecule has 0 saturated carbocycles. The number of halogens is 4. The Labute approximate surface area is 106 Å². The van der Waals surface area contributed by atoms with Crippen molar-refractivity contribution in [1.82, 2.24) is 0 Å². The number of alkyl halides is 3. The minimum atomic E-state index is -4.53. The van der Waals surface area contributed by atoms with Gasteiger partial charge in [-0.15, -0.1) is 0 Å². The van der Waals surface area contributed by atoms with Gasteiger partial charge in [0, 0.05) is 5.56 Å². The lowest BCUT2D eigenvalue weighted by Gasteiger charge is -2.16. The number of furan rings is 1. The highest BCUT2D eigenvalue weighted by molar-refractivity contribution is 6.29. The second-order valence-electron chi connectivity index (χ2n) is 3.64. The predicted octanol–water partition coefficient (Wildman–Crippen LogP) is 4.03. The maximum atomic E-state index is 12.8. The van der Waals surface area contributed by atoms with Crippen molar-refractivity contribution >= 4 is 11.6 Å². The number of hydrogen-bond donors (Lipinski definition) is 1. The Balaban J connectivity index is 2.49. The van der Waals surface area contributed by atoms with Gasteiger partial charge in [-0.05, 0) is 29.3 Å². The average molecular weight is 277 g/mol. The molecule has 0 aliphatic rings. The molecule has 1 aromatic heterocycles. The first-order chi connectivity index (χ1) is 8.41. The van der Waals surface area contributed by atoms with Crippen molar-refractivity contribution < 1.29 is 22.7 Å². The van der Waals surface area contributed by atoms with Gasteiger partial charge in [-0.3, -0.25) is 0 Å². The predicted molar refractivity (Wildman–Crippen MR) is 59.2 cm³/mol. The molecule has 0 bridgehead atoms. The van der Waals surface area contributed by atoms with Gasteiger partial charge in [0.25, 0.3) is 0 Å². The Kier molecular flexibility index (Phi) is 3.36. The Morgan fingerprint density at radius 2 is 1.78 bits per heavy atom. The summed E-state index contributed by atoms with van der Waals surface area (Å²) in [5.41, 5.74) is -1.04. The van der Waals surface area contributed by atoms with E-state index in [4.69, 9.17) is 16.0 Å². The number of rotatable bonds is 2. The second kappa shape index (κ2) is 4.66. The van der Waals surface area contributed by atoms with Crippen LogP contribution in [0.4, 0.5) is 13.2 Å². The third-order valence-electron chi connectivity index (χ3n) is 2.50. The van der Waals surface area contributed by atoms with Crippen molar-refractivity contribution in [3.8, 4) is 0 Å². The van der Waals surface area contributed by atoms with Crippen molar-refractivity contribution in [2.75, 3.05) is 0 Å². The van der Waals surface area contributed by atoms with Crippen LogP contribution < -0.4 is 0 Å². The Hall–Kier alpha value is -1.46. The molecule has 2 aromatic rings. The normalized spacial score (nSPS) is 13.6. The van der Waals surface area contributed by atoms with E-state index in [9.17, 15) is 18.3 Å². The molecular formula is C12H8ClF3O2. The first kappa shape index (κ1) is 13.0. The Morgan fingerprint density at radius 1 is 1.11 bits per heavy atom. The maximum Gasteiger partial charge on any atom is 0.416 e. The van der Waals surface area contributed by atoms with E-state index in [2.05, 4.69) is 0 Å². The number of aliphatic hydroxyl groups excluding tert-OH is 1. The van der Waals surface area contributed by atoms with Crippen LogP contribution in [-0.4, -0.2) is 5.11 Å². The zero-order chi connectivity index (χ0) is 13.3. The standard InChI is InChI=1S/C12H8ClF3O2/c13-11-8(5-6-18-11)10(17)7-3-1-2-4-9(7)12(14,15)16/h1-6,10,17H. The summed E-state index contributed by atoms with van der Waals surface area (Å²) in [6.45, 7) is 0. The molecule has 0 fully saturated rings. The highest BCUT2D eigenvalue weighted by Gasteiger charge is 2.35. The van der Waals surface area contributed by atoms with E-state index in [1.807, 2.05) is 0 Å². The Bertz CT molecular complexity index is 548. The largest absolute Gasteiger partial charge is 0.453 e. The van der Waals surface area contributed by atoms with Crippen LogP contribution >= 0.6 is 11.6 Å². The summed E-state index contributed by atoms with van der Waals surface area (Å²) in [5.74, 6) is 0. The molecule has 96 valence electrons. The van der Waals surface area contributed by atoms with Gasteiger partial charge in [-0.25, -0.2) is 0 Å². The number of aliphatic hydroxyl groups is 1. The molecule has 2 nitrogen and oxygen atoms in total. The lowest BCUT2D eigenvalue weighted by Crippen LogP contribution is -2.12. The number of benzene rings is 1. The summed E-state index contributed by atoms with van der Waals surface area (Å²) in [4.78, 5) is 0. The molecular weight excluding hydrogens is 269 g/mol. The highest BCUT2D eigenvalue weighted by Crippen LogP contribution is 2.38. The molecule has 6 heteroatoms. The third-order valence-corrected chi connectivity index (χ3v) is 2.81. The smallest absolute Gasteiger partial charge is 0.416 e. The fourth-order valence-electron chi connectivity index (χ4n) is 1.66. The van der Waals surface area contributed by atoms with Crippen LogP contribution in [-0.2, 0) is 6.18 Å². The van der Waals surface area contributed by atoms with Crippen molar-refractivity contribution in [2.24, 2.45) is 0 Å². The van der Waals surface area contributed by atoms with Crippen LogP contribution in [0.25, 0.3) is 0 Å². The van der Waals surface area contributed by atoms with Crippen LogP contribution in [0, 0.1) is 0 Å². The number of hydrogen-bond acceptors (Lipinski definition) is 2.